The van der Waals surface area contributed by atoms with E-state index in [1.54, 1.807) is 0 Å². The fourth-order valence-corrected chi connectivity index (χ4v) is 3.69. The Hall–Kier alpha value is -1.05. The Morgan fingerprint density at radius 3 is 2.75 bits per heavy atom. The molecule has 0 N–H and O–H groups in total. The number of hydrogen-bond donors (Lipinski definition) is 0. The molecule has 3 nitrogen and oxygen atoms in total. The van der Waals surface area contributed by atoms with Crippen molar-refractivity contribution in [2.75, 3.05) is 20.2 Å². The van der Waals surface area contributed by atoms with E-state index < -0.39 is 8.07 Å². The van der Waals surface area contributed by atoms with Crippen molar-refractivity contribution in [1.82, 2.24) is 4.90 Å². The molecule has 0 aromatic carbocycles. The molecule has 0 aromatic heterocycles. The summed E-state index contributed by atoms with van der Waals surface area (Å²) in [5.74, 6) is 3.76. The third kappa shape index (κ3) is 3.74. The molecule has 1 fully saturated rings. The van der Waals surface area contributed by atoms with Gasteiger partial charge >= 0.3 is 5.97 Å². The lowest BCUT2D eigenvalue weighted by molar-refractivity contribution is -0.150. The number of esters is 1. The first-order valence-corrected chi connectivity index (χ1v) is 10.9. The van der Waals surface area contributed by atoms with Crippen LogP contribution in [-0.2, 0) is 9.53 Å². The summed E-state index contributed by atoms with van der Waals surface area (Å²) >= 11 is 0. The Kier molecular flexibility index (Phi) is 4.72. The van der Waals surface area contributed by atoms with Crippen molar-refractivity contribution >= 4 is 14.0 Å². The second-order valence-electron chi connectivity index (χ2n) is 6.80. The van der Waals surface area contributed by atoms with Gasteiger partial charge < -0.3 is 4.74 Å². The molecule has 4 heteroatoms. The zero-order valence-electron chi connectivity index (χ0n) is 13.0. The number of nitrogens with zero attached hydrogens (tertiary/aromatic N) is 1. The minimum atomic E-state index is -1.27. The number of piperidine rings is 1. The van der Waals surface area contributed by atoms with Gasteiger partial charge in [-0.25, -0.2) is 0 Å². The van der Waals surface area contributed by atoms with Crippen LogP contribution in [0, 0.1) is 23.3 Å². The monoisotopic (exact) mass is 291 g/mol. The van der Waals surface area contributed by atoms with Crippen molar-refractivity contribution in [2.45, 2.75) is 38.5 Å². The van der Waals surface area contributed by atoms with Gasteiger partial charge in [0.25, 0.3) is 0 Å². The maximum absolute atomic E-state index is 11.9. The maximum atomic E-state index is 11.9. The van der Waals surface area contributed by atoms with Crippen molar-refractivity contribution in [3.63, 3.8) is 0 Å². The minimum Gasteiger partial charge on any atom is -0.469 e. The van der Waals surface area contributed by atoms with Crippen LogP contribution >= 0.6 is 0 Å². The van der Waals surface area contributed by atoms with Gasteiger partial charge in [-0.2, -0.15) is 0 Å². The number of methoxy groups -OCH3 is 1. The molecule has 0 radical (unpaired) electrons. The van der Waals surface area contributed by atoms with Crippen LogP contribution in [0.4, 0.5) is 0 Å². The molecular formula is C16H25NO2Si. The summed E-state index contributed by atoms with van der Waals surface area (Å²) in [7, 11) is 0.219. The van der Waals surface area contributed by atoms with Gasteiger partial charge in [-0.3, -0.25) is 9.69 Å². The number of fused-ring (bicyclic) bond motifs is 2. The van der Waals surface area contributed by atoms with Crippen LogP contribution in [0.5, 0.6) is 0 Å². The van der Waals surface area contributed by atoms with Crippen molar-refractivity contribution in [1.29, 1.82) is 0 Å². The number of ether oxygens (including phenoxy) is 1. The Morgan fingerprint density at radius 2 is 2.15 bits per heavy atom. The summed E-state index contributed by atoms with van der Waals surface area (Å²) in [5.41, 5.74) is 3.40. The van der Waals surface area contributed by atoms with Gasteiger partial charge in [0, 0.05) is 25.6 Å². The summed E-state index contributed by atoms with van der Waals surface area (Å²) in [6, 6.07) is 0.209. The lowest BCUT2D eigenvalue weighted by Crippen LogP contribution is -2.53. The summed E-state index contributed by atoms with van der Waals surface area (Å²) < 4.78 is 4.94. The van der Waals surface area contributed by atoms with Crippen LogP contribution in [0.15, 0.2) is 12.2 Å². The SMILES string of the molecule is COC(=O)C1CC2C=CC1N(CCC#C[Si](C)(C)C)C2. The Labute approximate surface area is 123 Å². The van der Waals surface area contributed by atoms with E-state index in [1.165, 1.54) is 7.11 Å². The molecule has 0 amide bonds. The number of hydrogen-bond acceptors (Lipinski definition) is 3. The van der Waals surface area contributed by atoms with Crippen LogP contribution in [0.3, 0.4) is 0 Å². The average molecular weight is 291 g/mol. The Balaban J connectivity index is 1.94. The highest BCUT2D eigenvalue weighted by molar-refractivity contribution is 6.83. The number of carbonyl (C=O) groups excluding carboxylic acids is 1. The van der Waals surface area contributed by atoms with E-state index >= 15 is 0 Å². The van der Waals surface area contributed by atoms with E-state index in [0.717, 1.165) is 25.9 Å². The summed E-state index contributed by atoms with van der Waals surface area (Å²) in [5, 5.41) is 0. The van der Waals surface area contributed by atoms with Crippen LogP contribution in [0.25, 0.3) is 0 Å². The van der Waals surface area contributed by atoms with Gasteiger partial charge in [0.1, 0.15) is 8.07 Å². The lowest BCUT2D eigenvalue weighted by atomic mass is 9.77. The van der Waals surface area contributed by atoms with E-state index in [4.69, 9.17) is 4.74 Å². The van der Waals surface area contributed by atoms with Crippen molar-refractivity contribution < 1.29 is 9.53 Å². The molecule has 0 aromatic rings. The minimum absolute atomic E-state index is 0.00806. The van der Waals surface area contributed by atoms with Gasteiger partial charge in [-0.1, -0.05) is 31.8 Å². The van der Waals surface area contributed by atoms with Crippen LogP contribution in [0.2, 0.25) is 19.6 Å². The molecule has 3 atom stereocenters. The third-order valence-electron chi connectivity index (χ3n) is 3.93. The standard InChI is InChI=1S/C16H25NO2Si/c1-19-16(18)14-11-13-7-8-15(14)17(12-13)9-5-6-10-20(2,3)4/h7-8,13-15H,5,9,11-12H2,1-4H3. The third-order valence-corrected chi connectivity index (χ3v) is 4.86. The molecule has 3 aliphatic rings. The zero-order valence-corrected chi connectivity index (χ0v) is 14.0. The molecule has 3 rings (SSSR count). The van der Waals surface area contributed by atoms with Gasteiger partial charge in [0.15, 0.2) is 0 Å². The average Bonchev–Trinajstić information content (AvgIpc) is 2.42. The number of carbonyl (C=O) groups is 1. The van der Waals surface area contributed by atoms with Crippen molar-refractivity contribution in [3.8, 4) is 11.5 Å². The summed E-state index contributed by atoms with van der Waals surface area (Å²) in [6.07, 6.45) is 6.28. The smallest absolute Gasteiger partial charge is 0.310 e. The van der Waals surface area contributed by atoms with Crippen LogP contribution in [-0.4, -0.2) is 45.2 Å². The van der Waals surface area contributed by atoms with E-state index in [0.29, 0.717) is 5.92 Å². The first kappa shape index (κ1) is 15.3. The molecule has 110 valence electrons. The molecule has 2 bridgehead atoms. The highest BCUT2D eigenvalue weighted by Crippen LogP contribution is 2.34. The van der Waals surface area contributed by atoms with E-state index in [1.807, 2.05) is 0 Å². The largest absolute Gasteiger partial charge is 0.469 e. The summed E-state index contributed by atoms with van der Waals surface area (Å²) in [6.45, 7) is 8.80. The van der Waals surface area contributed by atoms with Gasteiger partial charge in [-0.05, 0) is 12.3 Å². The molecular weight excluding hydrogens is 266 g/mol. The molecule has 0 saturated carbocycles. The number of rotatable bonds is 3. The second-order valence-corrected chi connectivity index (χ2v) is 11.5. The van der Waals surface area contributed by atoms with Crippen molar-refractivity contribution in [3.05, 3.63) is 12.2 Å². The predicted octanol–water partition coefficient (Wildman–Crippen LogP) is 2.31. The highest BCUT2D eigenvalue weighted by Gasteiger charge is 2.41. The van der Waals surface area contributed by atoms with E-state index in [2.05, 4.69) is 48.2 Å². The highest BCUT2D eigenvalue weighted by atomic mass is 28.3. The maximum Gasteiger partial charge on any atom is 0.310 e. The molecule has 3 unspecified atom stereocenters. The molecule has 2 aliphatic heterocycles. The normalized spacial score (nSPS) is 28.9. The predicted molar refractivity (Wildman–Crippen MR) is 83.9 cm³/mol. The van der Waals surface area contributed by atoms with E-state index in [-0.39, 0.29) is 17.9 Å². The van der Waals surface area contributed by atoms with Gasteiger partial charge in [0.2, 0.25) is 0 Å². The Morgan fingerprint density at radius 1 is 1.40 bits per heavy atom. The van der Waals surface area contributed by atoms with E-state index in [9.17, 15) is 4.79 Å². The lowest BCUT2D eigenvalue weighted by Gasteiger charge is -2.45. The topological polar surface area (TPSA) is 29.5 Å². The first-order chi connectivity index (χ1) is 9.40. The second kappa shape index (κ2) is 6.15. The Bertz CT molecular complexity index is 455. The zero-order chi connectivity index (χ0) is 14.8. The molecule has 1 saturated heterocycles. The van der Waals surface area contributed by atoms with Crippen molar-refractivity contribution in [2.24, 2.45) is 11.8 Å². The van der Waals surface area contributed by atoms with Gasteiger partial charge in [0.05, 0.1) is 13.0 Å². The fraction of sp³-hybridized carbons (Fsp3) is 0.688. The fourth-order valence-electron chi connectivity index (χ4n) is 3.04. The van der Waals surface area contributed by atoms with Crippen LogP contribution in [0.1, 0.15) is 12.8 Å². The first-order valence-electron chi connectivity index (χ1n) is 7.41. The van der Waals surface area contributed by atoms with Gasteiger partial charge in [-0.15, -0.1) is 11.5 Å². The molecule has 20 heavy (non-hydrogen) atoms. The molecule has 1 aliphatic carbocycles. The molecule has 0 spiro atoms. The molecule has 2 heterocycles. The van der Waals surface area contributed by atoms with Crippen LogP contribution < -0.4 is 0 Å². The summed E-state index contributed by atoms with van der Waals surface area (Å²) in [4.78, 5) is 14.3. The quantitative estimate of drug-likeness (QED) is 0.346.